The minimum Gasteiger partial charge on any atom is -0.494 e. The van der Waals surface area contributed by atoms with Crippen molar-refractivity contribution in [2.24, 2.45) is 4.99 Å². The number of carbonyl (C=O) groups is 2. The van der Waals surface area contributed by atoms with E-state index < -0.39 is 11.9 Å². The number of rotatable bonds is 8. The Labute approximate surface area is 183 Å². The lowest BCUT2D eigenvalue weighted by Crippen LogP contribution is -2.23. The van der Waals surface area contributed by atoms with Crippen LogP contribution in [0.1, 0.15) is 37.0 Å². The minimum atomic E-state index is -0.417. The van der Waals surface area contributed by atoms with Crippen molar-refractivity contribution in [1.82, 2.24) is 4.57 Å². The molecule has 3 aromatic rings. The van der Waals surface area contributed by atoms with Gasteiger partial charge in [-0.15, -0.1) is 0 Å². The van der Waals surface area contributed by atoms with Gasteiger partial charge in [0.15, 0.2) is 4.80 Å². The molecular weight excluding hydrogens is 424 g/mol. The van der Waals surface area contributed by atoms with Crippen molar-refractivity contribution in [2.75, 3.05) is 13.2 Å². The van der Waals surface area contributed by atoms with E-state index in [1.165, 1.54) is 11.3 Å². The highest BCUT2D eigenvalue weighted by Gasteiger charge is 2.15. The van der Waals surface area contributed by atoms with E-state index in [4.69, 9.17) is 21.1 Å². The topological polar surface area (TPSA) is 69.9 Å². The van der Waals surface area contributed by atoms with E-state index in [1.807, 2.05) is 12.1 Å². The molecule has 0 fully saturated rings. The Morgan fingerprint density at radius 2 is 1.90 bits per heavy atom. The van der Waals surface area contributed by atoms with E-state index in [1.54, 1.807) is 41.8 Å². The molecule has 1 amide bonds. The SMILES string of the molecule is CCCCOc1ccc(C(=O)N=c2sc3cccc(Cl)c3n2CC(=O)OCC)cc1. The van der Waals surface area contributed by atoms with Crippen LogP contribution in [-0.2, 0) is 16.1 Å². The fourth-order valence-corrected chi connectivity index (χ4v) is 4.22. The van der Waals surface area contributed by atoms with Crippen LogP contribution >= 0.6 is 22.9 Å². The van der Waals surface area contributed by atoms with Gasteiger partial charge in [-0.3, -0.25) is 9.59 Å². The second-order valence-corrected chi connectivity index (χ2v) is 7.92. The molecule has 0 spiro atoms. The Morgan fingerprint density at radius 3 is 2.60 bits per heavy atom. The molecule has 0 radical (unpaired) electrons. The third-order valence-electron chi connectivity index (χ3n) is 4.31. The van der Waals surface area contributed by atoms with E-state index in [0.29, 0.717) is 33.3 Å². The van der Waals surface area contributed by atoms with Crippen molar-refractivity contribution >= 4 is 45.0 Å². The first-order chi connectivity index (χ1) is 14.5. The van der Waals surface area contributed by atoms with Gasteiger partial charge in [-0.2, -0.15) is 4.99 Å². The maximum absolute atomic E-state index is 12.7. The molecule has 0 saturated carbocycles. The number of esters is 1. The lowest BCUT2D eigenvalue weighted by Gasteiger charge is -2.06. The molecule has 3 rings (SSSR count). The molecule has 0 N–H and O–H groups in total. The molecule has 1 heterocycles. The van der Waals surface area contributed by atoms with Crippen molar-refractivity contribution in [1.29, 1.82) is 0 Å². The molecule has 0 unspecified atom stereocenters. The molecule has 0 aliphatic carbocycles. The molecule has 2 aromatic carbocycles. The first-order valence-electron chi connectivity index (χ1n) is 9.78. The maximum atomic E-state index is 12.7. The number of halogens is 1. The molecule has 6 nitrogen and oxygen atoms in total. The van der Waals surface area contributed by atoms with Gasteiger partial charge in [-0.05, 0) is 49.7 Å². The van der Waals surface area contributed by atoms with Crippen LogP contribution in [0.3, 0.4) is 0 Å². The van der Waals surface area contributed by atoms with Gasteiger partial charge in [-0.25, -0.2) is 0 Å². The first-order valence-corrected chi connectivity index (χ1v) is 11.0. The van der Waals surface area contributed by atoms with Crippen LogP contribution in [0.15, 0.2) is 47.5 Å². The number of para-hydroxylation sites is 1. The van der Waals surface area contributed by atoms with Gasteiger partial charge in [0.25, 0.3) is 5.91 Å². The summed E-state index contributed by atoms with van der Waals surface area (Å²) < 4.78 is 13.1. The van der Waals surface area contributed by atoms with Crippen LogP contribution in [0.2, 0.25) is 5.02 Å². The number of ether oxygens (including phenoxy) is 2. The summed E-state index contributed by atoms with van der Waals surface area (Å²) in [5.74, 6) is -0.110. The molecular formula is C22H23ClN2O4S. The van der Waals surface area contributed by atoms with Gasteiger partial charge in [0, 0.05) is 5.56 Å². The number of nitrogens with zero attached hydrogens (tertiary/aromatic N) is 2. The first kappa shape index (κ1) is 22.1. The molecule has 30 heavy (non-hydrogen) atoms. The van der Waals surface area contributed by atoms with Gasteiger partial charge in [0.05, 0.1) is 28.5 Å². The number of hydrogen-bond acceptors (Lipinski definition) is 5. The Morgan fingerprint density at radius 1 is 1.13 bits per heavy atom. The van der Waals surface area contributed by atoms with Crippen LogP contribution in [0, 0.1) is 0 Å². The fourth-order valence-electron chi connectivity index (χ4n) is 2.83. The largest absolute Gasteiger partial charge is 0.494 e. The van der Waals surface area contributed by atoms with Crippen molar-refractivity contribution in [3.05, 3.63) is 57.9 Å². The van der Waals surface area contributed by atoms with Crippen molar-refractivity contribution in [3.8, 4) is 5.75 Å². The minimum absolute atomic E-state index is 0.0755. The predicted octanol–water partition coefficient (Wildman–Crippen LogP) is 4.84. The Kier molecular flexibility index (Phi) is 7.65. The molecule has 0 bridgehead atoms. The van der Waals surface area contributed by atoms with Crippen LogP contribution in [0.25, 0.3) is 10.2 Å². The number of benzene rings is 2. The molecule has 0 saturated heterocycles. The summed E-state index contributed by atoms with van der Waals surface area (Å²) in [4.78, 5) is 29.5. The van der Waals surface area contributed by atoms with Crippen molar-refractivity contribution < 1.29 is 19.1 Å². The van der Waals surface area contributed by atoms with Crippen LogP contribution in [0.4, 0.5) is 0 Å². The van der Waals surface area contributed by atoms with E-state index in [2.05, 4.69) is 11.9 Å². The normalized spacial score (nSPS) is 11.6. The second-order valence-electron chi connectivity index (χ2n) is 6.51. The number of carbonyl (C=O) groups excluding carboxylic acids is 2. The fraction of sp³-hybridized carbons (Fsp3) is 0.318. The molecule has 8 heteroatoms. The highest BCUT2D eigenvalue weighted by molar-refractivity contribution is 7.16. The lowest BCUT2D eigenvalue weighted by molar-refractivity contribution is -0.143. The number of amides is 1. The van der Waals surface area contributed by atoms with Gasteiger partial charge in [0.1, 0.15) is 12.3 Å². The van der Waals surface area contributed by atoms with Crippen LogP contribution < -0.4 is 9.54 Å². The number of hydrogen-bond donors (Lipinski definition) is 0. The van der Waals surface area contributed by atoms with E-state index in [-0.39, 0.29) is 13.2 Å². The molecule has 0 aliphatic rings. The van der Waals surface area contributed by atoms with Crippen molar-refractivity contribution in [3.63, 3.8) is 0 Å². The zero-order chi connectivity index (χ0) is 21.5. The summed E-state index contributed by atoms with van der Waals surface area (Å²) >= 11 is 7.65. The zero-order valence-corrected chi connectivity index (χ0v) is 18.5. The smallest absolute Gasteiger partial charge is 0.326 e. The van der Waals surface area contributed by atoms with Gasteiger partial charge < -0.3 is 14.0 Å². The van der Waals surface area contributed by atoms with Gasteiger partial charge >= 0.3 is 5.97 Å². The molecule has 1 aromatic heterocycles. The van der Waals surface area contributed by atoms with Crippen LogP contribution in [0.5, 0.6) is 5.75 Å². The summed E-state index contributed by atoms with van der Waals surface area (Å²) in [6.45, 7) is 4.68. The van der Waals surface area contributed by atoms with Gasteiger partial charge in [0.2, 0.25) is 0 Å². The number of unbranched alkanes of at least 4 members (excludes halogenated alkanes) is 1. The summed E-state index contributed by atoms with van der Waals surface area (Å²) in [5.41, 5.74) is 1.09. The van der Waals surface area contributed by atoms with E-state index in [0.717, 1.165) is 17.5 Å². The third kappa shape index (κ3) is 5.29. The molecule has 0 aliphatic heterocycles. The summed E-state index contributed by atoms with van der Waals surface area (Å²) in [5, 5.41) is 0.482. The highest BCUT2D eigenvalue weighted by atomic mass is 35.5. The quantitative estimate of drug-likeness (QED) is 0.366. The van der Waals surface area contributed by atoms with Gasteiger partial charge in [-0.1, -0.05) is 42.3 Å². The number of fused-ring (bicyclic) bond motifs is 1. The standard InChI is InChI=1S/C22H23ClN2O4S/c1-3-5-13-29-16-11-9-15(10-12-16)21(27)24-22-25(14-19(26)28-4-2)20-17(23)7-6-8-18(20)30-22/h6-12H,3-5,13-14H2,1-2H3. The molecule has 158 valence electrons. The highest BCUT2D eigenvalue weighted by Crippen LogP contribution is 2.25. The van der Waals surface area contributed by atoms with Crippen LogP contribution in [-0.4, -0.2) is 29.7 Å². The maximum Gasteiger partial charge on any atom is 0.326 e. The summed E-state index contributed by atoms with van der Waals surface area (Å²) in [6, 6.07) is 12.3. The monoisotopic (exact) mass is 446 g/mol. The number of thiazole rings is 1. The van der Waals surface area contributed by atoms with E-state index in [9.17, 15) is 9.59 Å². The number of aromatic nitrogens is 1. The average molecular weight is 447 g/mol. The zero-order valence-electron chi connectivity index (χ0n) is 16.9. The second kappa shape index (κ2) is 10.4. The Balaban J connectivity index is 1.93. The van der Waals surface area contributed by atoms with Crippen molar-refractivity contribution in [2.45, 2.75) is 33.2 Å². The van der Waals surface area contributed by atoms with E-state index >= 15 is 0 Å². The summed E-state index contributed by atoms with van der Waals surface area (Å²) in [7, 11) is 0. The predicted molar refractivity (Wildman–Crippen MR) is 118 cm³/mol. The summed E-state index contributed by atoms with van der Waals surface area (Å²) in [6.07, 6.45) is 2.03. The average Bonchev–Trinajstić information content (AvgIpc) is 3.07. The molecule has 0 atom stereocenters. The third-order valence-corrected chi connectivity index (χ3v) is 5.66. The lowest BCUT2D eigenvalue weighted by atomic mass is 10.2. The Hall–Kier alpha value is -2.64. The Bertz CT molecular complexity index is 1100.